The highest BCUT2D eigenvalue weighted by Crippen LogP contribution is 2.66. The standard InChI is InChI=1S/C36H56O3P2/c1-25(2)32-20-18-27(5)22-34(32)40(38,30-14-10-8-11-15-30)29(7)24-36(37)41(39,31-16-12-9-13-17-31)35-23-28(6)19-21-33(35)26(3)4/h8-17,25-29,32-37H,18-24H2,1-7H3/t27-,28-,29-,32+,33+,34-,35-,36+,40?,41?/m1/s1. The van der Waals surface area contributed by atoms with Gasteiger partial charge in [-0.1, -0.05) is 122 Å². The Bertz CT molecular complexity index is 1100. The van der Waals surface area contributed by atoms with Crippen molar-refractivity contribution >= 4 is 24.9 Å². The third-order valence-electron chi connectivity index (χ3n) is 10.9. The second-order valence-corrected chi connectivity index (χ2v) is 21.1. The minimum Gasteiger partial charge on any atom is -0.385 e. The maximum absolute atomic E-state index is 15.7. The zero-order chi connectivity index (χ0) is 29.9. The van der Waals surface area contributed by atoms with Crippen LogP contribution in [0.4, 0.5) is 0 Å². The first-order valence-electron chi connectivity index (χ1n) is 16.4. The lowest BCUT2D eigenvalue weighted by atomic mass is 9.77. The minimum absolute atomic E-state index is 0.0509. The van der Waals surface area contributed by atoms with Crippen molar-refractivity contribution in [1.29, 1.82) is 0 Å². The Morgan fingerprint density at radius 2 is 1.05 bits per heavy atom. The van der Waals surface area contributed by atoms with Gasteiger partial charge in [0.1, 0.15) is 20.1 Å². The zero-order valence-corrected chi connectivity index (χ0v) is 28.4. The van der Waals surface area contributed by atoms with Gasteiger partial charge in [0, 0.05) is 27.6 Å². The van der Waals surface area contributed by atoms with Crippen molar-refractivity contribution < 1.29 is 14.2 Å². The molecule has 0 saturated heterocycles. The molecular weight excluding hydrogens is 542 g/mol. The Hall–Kier alpha value is -1.14. The smallest absolute Gasteiger partial charge is 0.145 e. The maximum Gasteiger partial charge on any atom is 0.145 e. The number of aliphatic hydroxyl groups excluding tert-OH is 1. The van der Waals surface area contributed by atoms with Crippen molar-refractivity contribution in [3.8, 4) is 0 Å². The molecule has 41 heavy (non-hydrogen) atoms. The fraction of sp³-hybridized carbons (Fsp3) is 0.667. The topological polar surface area (TPSA) is 54.4 Å². The van der Waals surface area contributed by atoms with E-state index in [1.165, 1.54) is 6.42 Å². The lowest BCUT2D eigenvalue weighted by molar-refractivity contribution is 0.207. The molecule has 2 aliphatic rings. The van der Waals surface area contributed by atoms with Gasteiger partial charge in [-0.2, -0.15) is 0 Å². The molecule has 0 radical (unpaired) electrons. The summed E-state index contributed by atoms with van der Waals surface area (Å²) in [6.07, 6.45) is 6.65. The minimum atomic E-state index is -3.25. The van der Waals surface area contributed by atoms with Gasteiger partial charge in [0.2, 0.25) is 0 Å². The normalized spacial score (nSPS) is 31.8. The molecule has 4 rings (SSSR count). The van der Waals surface area contributed by atoms with E-state index in [-0.39, 0.29) is 17.0 Å². The molecule has 2 fully saturated rings. The van der Waals surface area contributed by atoms with E-state index >= 15 is 9.13 Å². The Morgan fingerprint density at radius 1 is 0.659 bits per heavy atom. The summed E-state index contributed by atoms with van der Waals surface area (Å²) in [5, 5.41) is 14.0. The van der Waals surface area contributed by atoms with Gasteiger partial charge in [0.25, 0.3) is 0 Å². The molecule has 0 aliphatic heterocycles. The van der Waals surface area contributed by atoms with Gasteiger partial charge in [-0.15, -0.1) is 0 Å². The quantitative estimate of drug-likeness (QED) is 0.277. The number of rotatable bonds is 10. The van der Waals surface area contributed by atoms with Gasteiger partial charge < -0.3 is 14.2 Å². The molecule has 3 nitrogen and oxygen atoms in total. The van der Waals surface area contributed by atoms with Crippen LogP contribution in [0.1, 0.15) is 93.4 Å². The molecule has 2 aromatic carbocycles. The van der Waals surface area contributed by atoms with E-state index in [1.807, 2.05) is 48.5 Å². The van der Waals surface area contributed by atoms with Crippen LogP contribution in [0.15, 0.2) is 60.7 Å². The molecule has 5 heteroatoms. The molecule has 2 unspecified atom stereocenters. The summed E-state index contributed by atoms with van der Waals surface area (Å²) in [6, 6.07) is 19.9. The molecule has 0 bridgehead atoms. The number of aliphatic hydroxyl groups is 1. The third-order valence-corrected chi connectivity index (χ3v) is 18.9. The molecule has 0 heterocycles. The van der Waals surface area contributed by atoms with Crippen molar-refractivity contribution in [1.82, 2.24) is 0 Å². The summed E-state index contributed by atoms with van der Waals surface area (Å²) in [5.41, 5.74) is -0.220. The Labute approximate surface area is 251 Å². The van der Waals surface area contributed by atoms with E-state index in [0.717, 1.165) is 42.7 Å². The zero-order valence-electron chi connectivity index (χ0n) is 26.7. The van der Waals surface area contributed by atoms with E-state index < -0.39 is 20.1 Å². The van der Waals surface area contributed by atoms with Crippen LogP contribution in [0.2, 0.25) is 0 Å². The number of hydrogen-bond donors (Lipinski definition) is 1. The molecule has 2 aliphatic carbocycles. The summed E-state index contributed by atoms with van der Waals surface area (Å²) in [6.45, 7) is 15.7. The monoisotopic (exact) mass is 598 g/mol. The summed E-state index contributed by atoms with van der Waals surface area (Å²) in [4.78, 5) is 0. The van der Waals surface area contributed by atoms with Crippen LogP contribution < -0.4 is 10.6 Å². The van der Waals surface area contributed by atoms with Gasteiger partial charge in [-0.05, 0) is 67.6 Å². The Balaban J connectivity index is 1.78. The molecule has 0 aromatic heterocycles. The van der Waals surface area contributed by atoms with E-state index in [1.54, 1.807) is 0 Å². The van der Waals surface area contributed by atoms with E-state index in [2.05, 4.69) is 60.6 Å². The van der Waals surface area contributed by atoms with Crippen molar-refractivity contribution in [3.63, 3.8) is 0 Å². The maximum atomic E-state index is 15.7. The van der Waals surface area contributed by atoms with Gasteiger partial charge in [0.05, 0.1) is 0 Å². The Morgan fingerprint density at radius 3 is 1.46 bits per heavy atom. The van der Waals surface area contributed by atoms with Crippen LogP contribution in [0.5, 0.6) is 0 Å². The average molecular weight is 599 g/mol. The number of hydrogen-bond acceptors (Lipinski definition) is 3. The first-order chi connectivity index (χ1) is 19.4. The largest absolute Gasteiger partial charge is 0.385 e. The number of benzene rings is 2. The van der Waals surface area contributed by atoms with Crippen molar-refractivity contribution in [2.24, 2.45) is 35.5 Å². The fourth-order valence-corrected chi connectivity index (χ4v) is 17.3. The van der Waals surface area contributed by atoms with Crippen LogP contribution in [0, 0.1) is 35.5 Å². The van der Waals surface area contributed by atoms with Gasteiger partial charge in [-0.25, -0.2) is 0 Å². The lowest BCUT2D eigenvalue weighted by Gasteiger charge is -2.46. The van der Waals surface area contributed by atoms with Crippen LogP contribution >= 0.6 is 14.3 Å². The second kappa shape index (κ2) is 13.7. The van der Waals surface area contributed by atoms with Gasteiger partial charge >= 0.3 is 0 Å². The van der Waals surface area contributed by atoms with E-state index in [9.17, 15) is 5.11 Å². The Kier molecular flexibility index (Phi) is 10.9. The average Bonchev–Trinajstić information content (AvgIpc) is 2.96. The second-order valence-electron chi connectivity index (χ2n) is 14.4. The van der Waals surface area contributed by atoms with Gasteiger partial charge in [-0.3, -0.25) is 0 Å². The van der Waals surface area contributed by atoms with Crippen LogP contribution in [0.25, 0.3) is 0 Å². The SMILES string of the molecule is CC(C)[C@@H]1CC[C@@H](C)C[C@H]1P(=O)(c1ccccc1)[C@H](C)C[C@@H](O)P(=O)(c1ccccc1)[C@@H]1C[C@H](C)CC[C@H]1C(C)C. The van der Waals surface area contributed by atoms with Crippen molar-refractivity contribution in [2.75, 3.05) is 0 Å². The lowest BCUT2D eigenvalue weighted by Crippen LogP contribution is -2.40. The first-order valence-corrected chi connectivity index (χ1v) is 20.1. The van der Waals surface area contributed by atoms with Crippen LogP contribution in [-0.2, 0) is 9.13 Å². The third kappa shape index (κ3) is 6.69. The molecule has 10 atom stereocenters. The fourth-order valence-electron chi connectivity index (χ4n) is 8.48. The van der Waals surface area contributed by atoms with E-state index in [0.29, 0.717) is 41.9 Å². The predicted molar refractivity (Wildman–Crippen MR) is 178 cm³/mol. The molecular formula is C36H56O3P2. The van der Waals surface area contributed by atoms with E-state index in [4.69, 9.17) is 0 Å². The molecule has 1 N–H and O–H groups in total. The summed E-state index contributed by atoms with van der Waals surface area (Å²) in [7, 11) is -6.22. The highest BCUT2D eigenvalue weighted by molar-refractivity contribution is 7.74. The highest BCUT2D eigenvalue weighted by atomic mass is 31.2. The molecule has 2 saturated carbocycles. The highest BCUT2D eigenvalue weighted by Gasteiger charge is 2.51. The molecule has 0 amide bonds. The molecule has 228 valence electrons. The van der Waals surface area contributed by atoms with Crippen LogP contribution in [0.3, 0.4) is 0 Å². The summed E-state index contributed by atoms with van der Waals surface area (Å²) < 4.78 is 31.3. The van der Waals surface area contributed by atoms with Crippen molar-refractivity contribution in [3.05, 3.63) is 60.7 Å². The van der Waals surface area contributed by atoms with Gasteiger partial charge in [0.15, 0.2) is 0 Å². The first kappa shape index (κ1) is 32.8. The van der Waals surface area contributed by atoms with Crippen molar-refractivity contribution in [2.45, 2.75) is 116 Å². The molecule has 2 aromatic rings. The predicted octanol–water partition coefficient (Wildman–Crippen LogP) is 9.38. The summed E-state index contributed by atoms with van der Waals surface area (Å²) in [5.74, 6) is 1.58. The molecule has 0 spiro atoms. The van der Waals surface area contributed by atoms with Crippen LogP contribution in [-0.4, -0.2) is 27.9 Å². The summed E-state index contributed by atoms with van der Waals surface area (Å²) >= 11 is 0.